The van der Waals surface area contributed by atoms with Crippen molar-refractivity contribution in [2.45, 2.75) is 12.1 Å². The third kappa shape index (κ3) is 4.23. The summed E-state index contributed by atoms with van der Waals surface area (Å²) in [5.41, 5.74) is 1.49. The zero-order chi connectivity index (χ0) is 18.5. The van der Waals surface area contributed by atoms with Crippen LogP contribution >= 0.6 is 23.4 Å². The second-order valence-corrected chi connectivity index (χ2v) is 6.60. The molecule has 0 bridgehead atoms. The number of halogens is 2. The van der Waals surface area contributed by atoms with Crippen molar-refractivity contribution in [1.82, 2.24) is 14.8 Å². The van der Waals surface area contributed by atoms with Crippen LogP contribution in [0.15, 0.2) is 53.7 Å². The van der Waals surface area contributed by atoms with E-state index in [2.05, 4.69) is 10.2 Å². The van der Waals surface area contributed by atoms with Gasteiger partial charge in [-0.3, -0.25) is 9.36 Å². The quantitative estimate of drug-likeness (QED) is 0.461. The molecule has 0 unspecified atom stereocenters. The molecule has 0 aliphatic carbocycles. The molecule has 3 aromatic rings. The van der Waals surface area contributed by atoms with Gasteiger partial charge in [0.25, 0.3) is 0 Å². The van der Waals surface area contributed by atoms with Gasteiger partial charge in [0.1, 0.15) is 5.82 Å². The smallest absolute Gasteiger partial charge is 0.316 e. The number of thioether (sulfide) groups is 1. The molecule has 1 aromatic heterocycles. The molecule has 0 radical (unpaired) electrons. The summed E-state index contributed by atoms with van der Waals surface area (Å²) in [5, 5.41) is 9.55. The van der Waals surface area contributed by atoms with Crippen LogP contribution in [-0.4, -0.2) is 33.1 Å². The Labute approximate surface area is 159 Å². The lowest BCUT2D eigenvalue weighted by molar-refractivity contribution is -0.139. The Bertz CT molecular complexity index is 898. The topological polar surface area (TPSA) is 57.0 Å². The maximum atomic E-state index is 13.3. The van der Waals surface area contributed by atoms with Gasteiger partial charge in [0.2, 0.25) is 0 Å². The highest BCUT2D eigenvalue weighted by molar-refractivity contribution is 7.99. The number of hydrogen-bond donors (Lipinski definition) is 0. The first-order chi connectivity index (χ1) is 12.6. The molecule has 2 aromatic carbocycles. The van der Waals surface area contributed by atoms with Crippen molar-refractivity contribution < 1.29 is 13.9 Å². The van der Waals surface area contributed by atoms with Crippen LogP contribution in [0.1, 0.15) is 6.92 Å². The number of carbonyl (C=O) groups excluding carboxylic acids is 1. The maximum absolute atomic E-state index is 13.3. The maximum Gasteiger partial charge on any atom is 0.316 e. The second-order valence-electron chi connectivity index (χ2n) is 5.22. The van der Waals surface area contributed by atoms with Crippen LogP contribution in [0.25, 0.3) is 17.1 Å². The number of rotatable bonds is 6. The van der Waals surface area contributed by atoms with E-state index in [0.29, 0.717) is 28.3 Å². The Morgan fingerprint density at radius 3 is 2.50 bits per heavy atom. The Kier molecular flexibility index (Phi) is 5.90. The van der Waals surface area contributed by atoms with Gasteiger partial charge in [-0.2, -0.15) is 0 Å². The van der Waals surface area contributed by atoms with Gasteiger partial charge >= 0.3 is 5.97 Å². The minimum atomic E-state index is -0.337. The lowest BCUT2D eigenvalue weighted by atomic mass is 10.2. The second kappa shape index (κ2) is 8.33. The average molecular weight is 392 g/mol. The van der Waals surface area contributed by atoms with Crippen molar-refractivity contribution in [2.75, 3.05) is 12.4 Å². The molecule has 0 saturated heterocycles. The SMILES string of the molecule is CCOC(=O)CSc1nnc(-c2ccc(Cl)cc2)n1-c1ccc(F)cc1. The normalized spacial score (nSPS) is 10.7. The lowest BCUT2D eigenvalue weighted by Crippen LogP contribution is -2.08. The third-order valence-corrected chi connectivity index (χ3v) is 4.60. The van der Waals surface area contributed by atoms with E-state index in [4.69, 9.17) is 16.3 Å². The van der Waals surface area contributed by atoms with E-state index < -0.39 is 0 Å². The van der Waals surface area contributed by atoms with Gasteiger partial charge in [-0.05, 0) is 55.5 Å². The fourth-order valence-electron chi connectivity index (χ4n) is 2.30. The van der Waals surface area contributed by atoms with Gasteiger partial charge in [0.15, 0.2) is 11.0 Å². The first-order valence-electron chi connectivity index (χ1n) is 7.84. The van der Waals surface area contributed by atoms with Gasteiger partial charge in [0.05, 0.1) is 12.4 Å². The van der Waals surface area contributed by atoms with Crippen molar-refractivity contribution in [3.8, 4) is 17.1 Å². The highest BCUT2D eigenvalue weighted by atomic mass is 35.5. The van der Waals surface area contributed by atoms with E-state index in [0.717, 1.165) is 5.56 Å². The molecule has 0 aliphatic rings. The van der Waals surface area contributed by atoms with Crippen LogP contribution in [0.4, 0.5) is 4.39 Å². The number of benzene rings is 2. The zero-order valence-electron chi connectivity index (χ0n) is 13.9. The molecule has 134 valence electrons. The van der Waals surface area contributed by atoms with Crippen LogP contribution in [0.3, 0.4) is 0 Å². The molecule has 0 fully saturated rings. The van der Waals surface area contributed by atoms with Gasteiger partial charge < -0.3 is 4.74 Å². The summed E-state index contributed by atoms with van der Waals surface area (Å²) in [5.74, 6) is 0.00256. The van der Waals surface area contributed by atoms with Crippen molar-refractivity contribution in [1.29, 1.82) is 0 Å². The molecular weight excluding hydrogens is 377 g/mol. The Hall–Kier alpha value is -2.38. The molecular formula is C18H15ClFN3O2S. The van der Waals surface area contributed by atoms with E-state index in [1.807, 2.05) is 12.1 Å². The zero-order valence-corrected chi connectivity index (χ0v) is 15.4. The highest BCUT2D eigenvalue weighted by Crippen LogP contribution is 2.28. The minimum absolute atomic E-state index is 0.105. The first-order valence-corrected chi connectivity index (χ1v) is 9.20. The van der Waals surface area contributed by atoms with E-state index >= 15 is 0 Å². The molecule has 0 N–H and O–H groups in total. The average Bonchev–Trinajstić information content (AvgIpc) is 3.05. The monoisotopic (exact) mass is 391 g/mol. The van der Waals surface area contributed by atoms with Crippen LogP contribution in [-0.2, 0) is 9.53 Å². The number of esters is 1. The third-order valence-electron chi connectivity index (χ3n) is 3.45. The lowest BCUT2D eigenvalue weighted by Gasteiger charge is -2.10. The predicted molar refractivity (Wildman–Crippen MR) is 99.1 cm³/mol. The first kappa shape index (κ1) is 18.4. The number of carbonyl (C=O) groups is 1. The summed E-state index contributed by atoms with van der Waals surface area (Å²) < 4.78 is 20.0. The van der Waals surface area contributed by atoms with Crippen molar-refractivity contribution in [3.05, 3.63) is 59.4 Å². The van der Waals surface area contributed by atoms with Crippen molar-refractivity contribution >= 4 is 29.3 Å². The fraction of sp³-hybridized carbons (Fsp3) is 0.167. The van der Waals surface area contributed by atoms with E-state index in [9.17, 15) is 9.18 Å². The van der Waals surface area contributed by atoms with Gasteiger partial charge in [0, 0.05) is 16.3 Å². The van der Waals surface area contributed by atoms with E-state index in [1.54, 1.807) is 35.8 Å². The number of hydrogen-bond acceptors (Lipinski definition) is 5. The molecule has 0 saturated carbocycles. The number of aromatic nitrogens is 3. The van der Waals surface area contributed by atoms with Crippen LogP contribution in [0, 0.1) is 5.82 Å². The molecule has 26 heavy (non-hydrogen) atoms. The molecule has 0 amide bonds. The van der Waals surface area contributed by atoms with Crippen LogP contribution in [0.5, 0.6) is 0 Å². The highest BCUT2D eigenvalue weighted by Gasteiger charge is 2.17. The molecule has 3 rings (SSSR count). The van der Waals surface area contributed by atoms with Crippen molar-refractivity contribution in [3.63, 3.8) is 0 Å². The molecule has 8 heteroatoms. The Morgan fingerprint density at radius 1 is 1.15 bits per heavy atom. The molecule has 5 nitrogen and oxygen atoms in total. The van der Waals surface area contributed by atoms with E-state index in [1.165, 1.54) is 23.9 Å². The summed E-state index contributed by atoms with van der Waals surface area (Å²) in [6.07, 6.45) is 0. The molecule has 1 heterocycles. The van der Waals surface area contributed by atoms with Crippen LogP contribution in [0.2, 0.25) is 5.02 Å². The van der Waals surface area contributed by atoms with Crippen molar-refractivity contribution in [2.24, 2.45) is 0 Å². The largest absolute Gasteiger partial charge is 0.465 e. The molecule has 0 aliphatic heterocycles. The fourth-order valence-corrected chi connectivity index (χ4v) is 3.17. The van der Waals surface area contributed by atoms with Crippen LogP contribution < -0.4 is 0 Å². The summed E-state index contributed by atoms with van der Waals surface area (Å²) in [6, 6.07) is 13.1. The molecule has 0 spiro atoms. The minimum Gasteiger partial charge on any atom is -0.465 e. The Balaban J connectivity index is 2.00. The Morgan fingerprint density at radius 2 is 1.85 bits per heavy atom. The van der Waals surface area contributed by atoms with Gasteiger partial charge in [-0.25, -0.2) is 4.39 Å². The summed E-state index contributed by atoms with van der Waals surface area (Å²) in [7, 11) is 0. The van der Waals surface area contributed by atoms with Gasteiger partial charge in [-0.1, -0.05) is 23.4 Å². The predicted octanol–water partition coefficient (Wildman–Crippen LogP) is 4.38. The number of nitrogens with zero attached hydrogens (tertiary/aromatic N) is 3. The summed E-state index contributed by atoms with van der Waals surface area (Å²) in [6.45, 7) is 2.07. The van der Waals surface area contributed by atoms with Gasteiger partial charge in [-0.15, -0.1) is 10.2 Å². The number of ether oxygens (including phenoxy) is 1. The molecule has 0 atom stereocenters. The standard InChI is InChI=1S/C18H15ClFN3O2S/c1-2-25-16(24)11-26-18-22-21-17(12-3-5-13(19)6-4-12)23(18)15-9-7-14(20)8-10-15/h3-10H,2,11H2,1H3. The summed E-state index contributed by atoms with van der Waals surface area (Å²) in [4.78, 5) is 11.7. The van der Waals surface area contributed by atoms with E-state index in [-0.39, 0.29) is 17.5 Å². The summed E-state index contributed by atoms with van der Waals surface area (Å²) >= 11 is 7.16.